The molecule has 0 heterocycles. The molecule has 2 rings (SSSR count). The summed E-state index contributed by atoms with van der Waals surface area (Å²) in [6.45, 7) is 5.91. The molecule has 0 aliphatic heterocycles. The summed E-state index contributed by atoms with van der Waals surface area (Å²) in [6, 6.07) is 0. The lowest BCUT2D eigenvalue weighted by molar-refractivity contribution is -0.383. The second kappa shape index (κ2) is 7.19. The maximum absolute atomic E-state index is 12.8. The molecule has 0 saturated heterocycles. The SMILES string of the molecule is C=C(C)C(=O)OC1CC2CC1CC2C(C)(C)OCC(O)(C(F)(F)F)C(F)(F)F. The van der Waals surface area contributed by atoms with Crippen LogP contribution in [0.3, 0.4) is 0 Å². The van der Waals surface area contributed by atoms with Gasteiger partial charge in [0, 0.05) is 5.57 Å². The fourth-order valence-electron chi connectivity index (χ4n) is 4.18. The average molecular weight is 418 g/mol. The number of hydrogen-bond acceptors (Lipinski definition) is 4. The monoisotopic (exact) mass is 418 g/mol. The van der Waals surface area contributed by atoms with Crippen molar-refractivity contribution in [2.45, 2.75) is 69.7 Å². The number of hydrogen-bond donors (Lipinski definition) is 1. The summed E-state index contributed by atoms with van der Waals surface area (Å²) < 4.78 is 87.4. The maximum atomic E-state index is 12.8. The minimum atomic E-state index is -5.92. The molecule has 0 aromatic carbocycles. The summed E-state index contributed by atoms with van der Waals surface area (Å²) in [5.74, 6) is -0.939. The van der Waals surface area contributed by atoms with Crippen LogP contribution in [0.25, 0.3) is 0 Å². The Balaban J connectivity index is 2.04. The van der Waals surface area contributed by atoms with Gasteiger partial charge in [0.1, 0.15) is 6.10 Å². The van der Waals surface area contributed by atoms with Crippen molar-refractivity contribution in [1.29, 1.82) is 0 Å². The number of alkyl halides is 6. The molecule has 4 nitrogen and oxygen atoms in total. The molecule has 4 atom stereocenters. The van der Waals surface area contributed by atoms with E-state index in [2.05, 4.69) is 6.58 Å². The molecule has 2 bridgehead atoms. The molecule has 0 amide bonds. The van der Waals surface area contributed by atoms with Gasteiger partial charge in [-0.2, -0.15) is 26.3 Å². The van der Waals surface area contributed by atoms with Crippen LogP contribution in [0.4, 0.5) is 26.3 Å². The van der Waals surface area contributed by atoms with E-state index < -0.39 is 36.1 Å². The highest BCUT2D eigenvalue weighted by atomic mass is 19.4. The van der Waals surface area contributed by atoms with Crippen LogP contribution in [0.1, 0.15) is 40.0 Å². The van der Waals surface area contributed by atoms with Gasteiger partial charge in [0.25, 0.3) is 5.60 Å². The lowest BCUT2D eigenvalue weighted by Crippen LogP contribution is -2.61. The predicted octanol–water partition coefficient (Wildman–Crippen LogP) is 4.17. The first-order valence-corrected chi connectivity index (χ1v) is 8.86. The molecule has 0 aromatic rings. The fourth-order valence-corrected chi connectivity index (χ4v) is 4.18. The van der Waals surface area contributed by atoms with Crippen LogP contribution in [0.2, 0.25) is 0 Å². The maximum Gasteiger partial charge on any atom is 0.428 e. The number of carbonyl (C=O) groups is 1. The van der Waals surface area contributed by atoms with E-state index in [1.54, 1.807) is 0 Å². The zero-order chi connectivity index (χ0) is 21.7. The van der Waals surface area contributed by atoms with Crippen molar-refractivity contribution < 1.29 is 45.7 Å². The van der Waals surface area contributed by atoms with E-state index in [0.717, 1.165) is 0 Å². The van der Waals surface area contributed by atoms with E-state index in [-0.39, 0.29) is 29.4 Å². The third-order valence-electron chi connectivity index (χ3n) is 5.88. The number of ether oxygens (including phenoxy) is 2. The Labute approximate surface area is 158 Å². The van der Waals surface area contributed by atoms with Crippen LogP contribution < -0.4 is 0 Å². The van der Waals surface area contributed by atoms with Gasteiger partial charge in [0.05, 0.1) is 12.2 Å². The molecule has 162 valence electrons. The van der Waals surface area contributed by atoms with Crippen LogP contribution in [0.5, 0.6) is 0 Å². The van der Waals surface area contributed by atoms with Crippen molar-refractivity contribution in [3.63, 3.8) is 0 Å². The number of fused-ring (bicyclic) bond motifs is 2. The normalized spacial score (nSPS) is 28.5. The van der Waals surface area contributed by atoms with Crippen molar-refractivity contribution >= 4 is 5.97 Å². The Morgan fingerprint density at radius 1 is 1.04 bits per heavy atom. The Morgan fingerprint density at radius 3 is 1.96 bits per heavy atom. The Kier molecular flexibility index (Phi) is 5.91. The van der Waals surface area contributed by atoms with Gasteiger partial charge in [-0.1, -0.05) is 6.58 Å². The number of carbonyl (C=O) groups excluding carboxylic acids is 1. The highest BCUT2D eigenvalue weighted by Gasteiger charge is 2.71. The van der Waals surface area contributed by atoms with Crippen LogP contribution in [-0.4, -0.2) is 47.3 Å². The van der Waals surface area contributed by atoms with Crippen molar-refractivity contribution in [2.75, 3.05) is 6.61 Å². The Bertz CT molecular complexity index is 611. The summed E-state index contributed by atoms with van der Waals surface area (Å²) in [4.78, 5) is 11.7. The smallest absolute Gasteiger partial charge is 0.428 e. The van der Waals surface area contributed by atoms with Crippen molar-refractivity contribution in [3.05, 3.63) is 12.2 Å². The topological polar surface area (TPSA) is 55.8 Å². The van der Waals surface area contributed by atoms with Crippen molar-refractivity contribution in [3.8, 4) is 0 Å². The zero-order valence-corrected chi connectivity index (χ0v) is 15.8. The lowest BCUT2D eigenvalue weighted by Gasteiger charge is -2.41. The summed E-state index contributed by atoms with van der Waals surface area (Å²) in [5, 5.41) is 9.27. The third-order valence-corrected chi connectivity index (χ3v) is 5.88. The van der Waals surface area contributed by atoms with Crippen LogP contribution in [-0.2, 0) is 14.3 Å². The quantitative estimate of drug-likeness (QED) is 0.400. The fraction of sp³-hybridized carbons (Fsp3) is 0.833. The number of halogens is 6. The van der Waals surface area contributed by atoms with Crippen LogP contribution in [0.15, 0.2) is 12.2 Å². The molecule has 0 spiro atoms. The van der Waals surface area contributed by atoms with Gasteiger partial charge in [0.15, 0.2) is 0 Å². The van der Waals surface area contributed by atoms with Crippen LogP contribution >= 0.6 is 0 Å². The standard InChI is InChI=1S/C18H24F6O4/c1-9(2)14(25)28-13-7-10-5-11(13)6-12(10)15(3,4)27-8-16(26,17(19,20)21)18(22,23)24/h10-13,26H,1,5-8H2,2-4H3. The minimum Gasteiger partial charge on any atom is -0.459 e. The first-order valence-electron chi connectivity index (χ1n) is 8.86. The number of aliphatic hydroxyl groups is 1. The molecule has 4 unspecified atom stereocenters. The molecular weight excluding hydrogens is 394 g/mol. The Morgan fingerprint density at radius 2 is 1.57 bits per heavy atom. The molecule has 10 heteroatoms. The predicted molar refractivity (Wildman–Crippen MR) is 86.1 cm³/mol. The first kappa shape index (κ1) is 23.0. The number of esters is 1. The van der Waals surface area contributed by atoms with Gasteiger partial charge >= 0.3 is 18.3 Å². The summed E-state index contributed by atoms with van der Waals surface area (Å²) in [6.07, 6.45) is -10.6. The molecule has 2 aliphatic carbocycles. The van der Waals surface area contributed by atoms with Gasteiger partial charge in [-0.15, -0.1) is 0 Å². The van der Waals surface area contributed by atoms with E-state index >= 15 is 0 Å². The van der Waals surface area contributed by atoms with Gasteiger partial charge in [0.2, 0.25) is 0 Å². The van der Waals surface area contributed by atoms with E-state index in [1.165, 1.54) is 20.8 Å². The van der Waals surface area contributed by atoms with Crippen molar-refractivity contribution in [1.82, 2.24) is 0 Å². The van der Waals surface area contributed by atoms with Gasteiger partial charge in [-0.05, 0) is 57.8 Å². The lowest BCUT2D eigenvalue weighted by atomic mass is 9.77. The second-order valence-corrected chi connectivity index (χ2v) is 8.31. The second-order valence-electron chi connectivity index (χ2n) is 8.31. The van der Waals surface area contributed by atoms with E-state index in [0.29, 0.717) is 19.3 Å². The molecule has 0 aromatic heterocycles. The summed E-state index contributed by atoms with van der Waals surface area (Å²) in [7, 11) is 0. The summed E-state index contributed by atoms with van der Waals surface area (Å²) >= 11 is 0. The van der Waals surface area contributed by atoms with E-state index in [1.807, 2.05) is 0 Å². The third kappa shape index (κ3) is 4.17. The van der Waals surface area contributed by atoms with E-state index in [4.69, 9.17) is 9.47 Å². The number of rotatable bonds is 6. The highest BCUT2D eigenvalue weighted by Crippen LogP contribution is 2.54. The van der Waals surface area contributed by atoms with E-state index in [9.17, 15) is 36.2 Å². The molecule has 0 radical (unpaired) electrons. The highest BCUT2D eigenvalue weighted by molar-refractivity contribution is 5.87. The summed E-state index contributed by atoms with van der Waals surface area (Å²) in [5.41, 5.74) is -6.01. The van der Waals surface area contributed by atoms with Gasteiger partial charge in [-0.3, -0.25) is 0 Å². The zero-order valence-electron chi connectivity index (χ0n) is 15.8. The van der Waals surface area contributed by atoms with Crippen molar-refractivity contribution in [2.24, 2.45) is 17.8 Å². The molecular formula is C18H24F6O4. The largest absolute Gasteiger partial charge is 0.459 e. The average Bonchev–Trinajstić information content (AvgIpc) is 3.10. The van der Waals surface area contributed by atoms with Gasteiger partial charge < -0.3 is 14.6 Å². The molecule has 2 fully saturated rings. The molecule has 1 N–H and O–H groups in total. The first-order chi connectivity index (χ1) is 12.5. The molecule has 28 heavy (non-hydrogen) atoms. The molecule has 2 aliphatic rings. The minimum absolute atomic E-state index is 0.0368. The Hall–Kier alpha value is -1.29. The van der Waals surface area contributed by atoms with Gasteiger partial charge in [-0.25, -0.2) is 4.79 Å². The molecule has 2 saturated carbocycles. The van der Waals surface area contributed by atoms with Crippen LogP contribution in [0, 0.1) is 17.8 Å².